The van der Waals surface area contributed by atoms with Crippen molar-refractivity contribution in [2.24, 2.45) is 0 Å². The van der Waals surface area contributed by atoms with Crippen LogP contribution in [0.3, 0.4) is 0 Å². The topological polar surface area (TPSA) is 87.9 Å². The van der Waals surface area contributed by atoms with Crippen molar-refractivity contribution in [2.45, 2.75) is 46.1 Å². The van der Waals surface area contributed by atoms with Crippen molar-refractivity contribution in [3.63, 3.8) is 0 Å². The number of carbonyl (C=O) groups excluding carboxylic acids is 1. The van der Waals surface area contributed by atoms with E-state index in [9.17, 15) is 4.79 Å². The van der Waals surface area contributed by atoms with E-state index in [1.807, 2.05) is 11.8 Å². The summed E-state index contributed by atoms with van der Waals surface area (Å²) in [5.74, 6) is 0.198. The third kappa shape index (κ3) is 3.44. The Kier molecular flexibility index (Phi) is 4.93. The second-order valence-electron chi connectivity index (χ2n) is 4.15. The van der Waals surface area contributed by atoms with Crippen molar-refractivity contribution in [3.05, 3.63) is 5.82 Å². The molecule has 0 aliphatic carbocycles. The van der Waals surface area contributed by atoms with E-state index in [2.05, 4.69) is 29.0 Å². The van der Waals surface area contributed by atoms with Crippen molar-refractivity contribution in [2.75, 3.05) is 12.3 Å². The Balaban J connectivity index is 2.78. The lowest BCUT2D eigenvalue weighted by Crippen LogP contribution is -2.39. The quantitative estimate of drug-likeness (QED) is 0.786. The summed E-state index contributed by atoms with van der Waals surface area (Å²) in [6.07, 6.45) is 2.96. The number of unbranched alkanes of at least 4 members (excludes halogenated alkanes) is 1. The third-order valence-corrected chi connectivity index (χ3v) is 2.84. The lowest BCUT2D eigenvalue weighted by molar-refractivity contribution is 0.0673. The van der Waals surface area contributed by atoms with Crippen LogP contribution in [0.25, 0.3) is 0 Å². The summed E-state index contributed by atoms with van der Waals surface area (Å²) in [5, 5.41) is 6.24. The van der Waals surface area contributed by atoms with Gasteiger partial charge in [-0.25, -0.2) is 0 Å². The van der Waals surface area contributed by atoms with Crippen LogP contribution in [0.5, 0.6) is 0 Å². The molecule has 1 amide bonds. The van der Waals surface area contributed by atoms with E-state index in [1.165, 1.54) is 0 Å². The Bertz CT molecular complexity index is 362. The lowest BCUT2D eigenvalue weighted by Gasteiger charge is -2.27. The van der Waals surface area contributed by atoms with Crippen LogP contribution in [0, 0.1) is 0 Å². The minimum absolute atomic E-state index is 0.105. The molecular weight excluding hydrogens is 218 g/mol. The van der Waals surface area contributed by atoms with E-state index >= 15 is 0 Å². The van der Waals surface area contributed by atoms with Gasteiger partial charge in [0, 0.05) is 12.6 Å². The van der Waals surface area contributed by atoms with Gasteiger partial charge in [0.15, 0.2) is 0 Å². The van der Waals surface area contributed by atoms with Gasteiger partial charge in [-0.05, 0) is 19.8 Å². The van der Waals surface area contributed by atoms with Gasteiger partial charge in [0.2, 0.25) is 11.8 Å². The minimum Gasteiger partial charge on any atom is -0.366 e. The summed E-state index contributed by atoms with van der Waals surface area (Å²) in [5.41, 5.74) is 5.40. The number of aromatic nitrogens is 3. The fourth-order valence-electron chi connectivity index (χ4n) is 1.58. The molecule has 1 rings (SSSR count). The van der Waals surface area contributed by atoms with Crippen molar-refractivity contribution in [1.29, 1.82) is 0 Å². The Morgan fingerprint density at radius 3 is 2.71 bits per heavy atom. The van der Waals surface area contributed by atoms with Crippen molar-refractivity contribution in [3.8, 4) is 0 Å². The highest BCUT2D eigenvalue weighted by Crippen LogP contribution is 2.10. The van der Waals surface area contributed by atoms with Crippen LogP contribution in [0.1, 0.15) is 50.7 Å². The number of hydrogen-bond donors (Lipinski definition) is 2. The zero-order valence-corrected chi connectivity index (χ0v) is 10.7. The molecule has 1 unspecified atom stereocenters. The number of aromatic amines is 1. The summed E-state index contributed by atoms with van der Waals surface area (Å²) < 4.78 is 0. The number of H-pyrrole nitrogens is 1. The molecule has 1 aromatic rings. The molecule has 0 saturated carbocycles. The Morgan fingerprint density at radius 1 is 1.53 bits per heavy atom. The number of nitrogens with two attached hydrogens (primary N) is 1. The Hall–Kier alpha value is -1.59. The van der Waals surface area contributed by atoms with Gasteiger partial charge in [0.05, 0.1) is 0 Å². The third-order valence-electron chi connectivity index (χ3n) is 2.84. The maximum Gasteiger partial charge on any atom is 0.291 e. The van der Waals surface area contributed by atoms with E-state index in [0.29, 0.717) is 0 Å². The van der Waals surface area contributed by atoms with Crippen molar-refractivity contribution in [1.82, 2.24) is 20.1 Å². The highest BCUT2D eigenvalue weighted by atomic mass is 16.2. The standard InChI is InChI=1S/C11H21N5O/c1-4-6-7-16(8(3)5-2)10(17)9-13-11(12)15-14-9/h8H,4-7H2,1-3H3,(H3,12,13,14,15). The summed E-state index contributed by atoms with van der Waals surface area (Å²) in [4.78, 5) is 17.9. The van der Waals surface area contributed by atoms with Gasteiger partial charge in [0.25, 0.3) is 5.91 Å². The van der Waals surface area contributed by atoms with Gasteiger partial charge in [-0.2, -0.15) is 4.98 Å². The number of hydrogen-bond acceptors (Lipinski definition) is 4. The maximum atomic E-state index is 12.2. The molecule has 0 fully saturated rings. The average Bonchev–Trinajstić information content (AvgIpc) is 2.75. The van der Waals surface area contributed by atoms with Crippen LogP contribution in [0.4, 0.5) is 5.95 Å². The van der Waals surface area contributed by atoms with Crippen LogP contribution in [0.15, 0.2) is 0 Å². The molecule has 0 aromatic carbocycles. The van der Waals surface area contributed by atoms with Crippen LogP contribution < -0.4 is 5.73 Å². The normalized spacial score (nSPS) is 12.4. The van der Waals surface area contributed by atoms with Crippen molar-refractivity contribution < 1.29 is 4.79 Å². The smallest absolute Gasteiger partial charge is 0.291 e. The molecule has 1 aromatic heterocycles. The molecule has 96 valence electrons. The average molecular weight is 239 g/mol. The number of rotatable bonds is 6. The lowest BCUT2D eigenvalue weighted by atomic mass is 10.2. The Morgan fingerprint density at radius 2 is 2.24 bits per heavy atom. The van der Waals surface area contributed by atoms with Gasteiger partial charge in [0.1, 0.15) is 0 Å². The molecule has 0 aliphatic rings. The number of amides is 1. The predicted octanol–water partition coefficient (Wildman–Crippen LogP) is 1.43. The van der Waals surface area contributed by atoms with Crippen LogP contribution in [0.2, 0.25) is 0 Å². The molecule has 0 bridgehead atoms. The van der Waals surface area contributed by atoms with Crippen LogP contribution in [-0.2, 0) is 0 Å². The fourth-order valence-corrected chi connectivity index (χ4v) is 1.58. The molecule has 0 radical (unpaired) electrons. The molecule has 6 heteroatoms. The SMILES string of the molecule is CCCCN(C(=O)c1nc(N)n[nH]1)C(C)CC. The number of nitrogens with one attached hydrogen (secondary N) is 1. The molecular formula is C11H21N5O. The van der Waals surface area contributed by atoms with E-state index in [4.69, 9.17) is 5.73 Å². The molecule has 6 nitrogen and oxygen atoms in total. The number of nitrogens with zero attached hydrogens (tertiary/aromatic N) is 3. The number of nitrogen functional groups attached to an aromatic ring is 1. The first kappa shape index (κ1) is 13.5. The second-order valence-corrected chi connectivity index (χ2v) is 4.15. The van der Waals surface area contributed by atoms with Gasteiger partial charge in [-0.3, -0.25) is 9.89 Å². The summed E-state index contributed by atoms with van der Waals surface area (Å²) >= 11 is 0. The largest absolute Gasteiger partial charge is 0.366 e. The first-order chi connectivity index (χ1) is 8.10. The maximum absolute atomic E-state index is 12.2. The van der Waals surface area contributed by atoms with Gasteiger partial charge in [-0.1, -0.05) is 20.3 Å². The highest BCUT2D eigenvalue weighted by molar-refractivity contribution is 5.90. The molecule has 3 N–H and O–H groups in total. The zero-order chi connectivity index (χ0) is 12.8. The first-order valence-electron chi connectivity index (χ1n) is 6.09. The molecule has 0 saturated heterocycles. The van der Waals surface area contributed by atoms with Gasteiger partial charge >= 0.3 is 0 Å². The van der Waals surface area contributed by atoms with Gasteiger partial charge < -0.3 is 10.6 Å². The second kappa shape index (κ2) is 6.22. The van der Waals surface area contributed by atoms with E-state index in [1.54, 1.807) is 0 Å². The predicted molar refractivity (Wildman–Crippen MR) is 66.5 cm³/mol. The van der Waals surface area contributed by atoms with E-state index in [-0.39, 0.29) is 23.7 Å². The Labute approximate surface area is 102 Å². The number of anilines is 1. The van der Waals surface area contributed by atoms with Crippen molar-refractivity contribution >= 4 is 11.9 Å². The molecule has 1 heterocycles. The van der Waals surface area contributed by atoms with Crippen LogP contribution >= 0.6 is 0 Å². The van der Waals surface area contributed by atoms with E-state index in [0.717, 1.165) is 25.8 Å². The zero-order valence-electron chi connectivity index (χ0n) is 10.7. The molecule has 0 spiro atoms. The number of carbonyl (C=O) groups is 1. The van der Waals surface area contributed by atoms with Gasteiger partial charge in [-0.15, -0.1) is 5.10 Å². The van der Waals surface area contributed by atoms with Crippen LogP contribution in [-0.4, -0.2) is 38.6 Å². The highest BCUT2D eigenvalue weighted by Gasteiger charge is 2.22. The fraction of sp³-hybridized carbons (Fsp3) is 0.727. The molecule has 0 aliphatic heterocycles. The summed E-state index contributed by atoms with van der Waals surface area (Å²) in [6.45, 7) is 6.94. The summed E-state index contributed by atoms with van der Waals surface area (Å²) in [7, 11) is 0. The minimum atomic E-state index is -0.128. The first-order valence-corrected chi connectivity index (χ1v) is 6.09. The molecule has 17 heavy (non-hydrogen) atoms. The molecule has 1 atom stereocenters. The monoisotopic (exact) mass is 239 g/mol. The summed E-state index contributed by atoms with van der Waals surface area (Å²) in [6, 6.07) is 0.195. The van der Waals surface area contributed by atoms with E-state index < -0.39 is 0 Å².